The van der Waals surface area contributed by atoms with Gasteiger partial charge in [-0.05, 0) is 50.0 Å². The third-order valence-corrected chi connectivity index (χ3v) is 5.11. The van der Waals surface area contributed by atoms with E-state index in [1.807, 2.05) is 22.9 Å². The van der Waals surface area contributed by atoms with Gasteiger partial charge in [-0.25, -0.2) is 4.68 Å². The second kappa shape index (κ2) is 6.19. The van der Waals surface area contributed by atoms with Gasteiger partial charge in [0.25, 0.3) is 0 Å². The van der Waals surface area contributed by atoms with Crippen LogP contribution in [0.1, 0.15) is 37.4 Å². The quantitative estimate of drug-likeness (QED) is 0.876. The molecule has 0 unspecified atom stereocenters. The van der Waals surface area contributed by atoms with Crippen LogP contribution < -0.4 is 0 Å². The van der Waals surface area contributed by atoms with Gasteiger partial charge in [-0.15, -0.1) is 0 Å². The zero-order valence-electron chi connectivity index (χ0n) is 13.1. The van der Waals surface area contributed by atoms with Crippen LogP contribution in [0.4, 0.5) is 0 Å². The van der Waals surface area contributed by atoms with Crippen molar-refractivity contribution in [1.29, 1.82) is 0 Å². The molecular formula is C17H22N4OS. The molecule has 0 atom stereocenters. The van der Waals surface area contributed by atoms with Gasteiger partial charge >= 0.3 is 0 Å². The first kappa shape index (κ1) is 15.1. The van der Waals surface area contributed by atoms with Gasteiger partial charge in [0, 0.05) is 24.7 Å². The van der Waals surface area contributed by atoms with E-state index >= 15 is 0 Å². The molecule has 1 aliphatic carbocycles. The second-order valence-electron chi connectivity index (χ2n) is 6.58. The van der Waals surface area contributed by atoms with Crippen LogP contribution in [-0.2, 0) is 6.67 Å². The Morgan fingerprint density at radius 2 is 1.78 bits per heavy atom. The monoisotopic (exact) mass is 330 g/mol. The van der Waals surface area contributed by atoms with Crippen molar-refractivity contribution in [3.8, 4) is 5.69 Å². The van der Waals surface area contributed by atoms with Gasteiger partial charge < -0.3 is 5.11 Å². The van der Waals surface area contributed by atoms with E-state index in [-0.39, 0.29) is 6.10 Å². The molecule has 0 radical (unpaired) electrons. The van der Waals surface area contributed by atoms with Crippen molar-refractivity contribution in [2.75, 3.05) is 13.1 Å². The summed E-state index contributed by atoms with van der Waals surface area (Å²) < 4.78 is 4.85. The van der Waals surface area contributed by atoms with Crippen molar-refractivity contribution < 1.29 is 5.11 Å². The average molecular weight is 330 g/mol. The van der Waals surface area contributed by atoms with Crippen LogP contribution in [0.15, 0.2) is 30.3 Å². The minimum Gasteiger partial charge on any atom is -0.393 e. The molecule has 2 aromatic rings. The Balaban J connectivity index is 1.65. The standard InChI is InChI=1S/C17H22N4OS/c22-15-8-10-19(11-9-15)12-20-17(23)21(14-4-2-1-3-5-14)16(18-20)13-6-7-13/h1-5,13,15,22H,6-12H2. The van der Waals surface area contributed by atoms with Gasteiger partial charge in [0.1, 0.15) is 5.82 Å². The predicted octanol–water partition coefficient (Wildman–Crippen LogP) is 2.69. The molecule has 23 heavy (non-hydrogen) atoms. The van der Waals surface area contributed by atoms with Crippen molar-refractivity contribution in [3.05, 3.63) is 40.9 Å². The molecule has 6 heteroatoms. The molecule has 5 nitrogen and oxygen atoms in total. The number of hydrogen-bond acceptors (Lipinski definition) is 4. The molecule has 0 amide bonds. The fourth-order valence-electron chi connectivity index (χ4n) is 3.19. The number of piperidine rings is 1. The molecule has 2 aliphatic rings. The Labute approximate surface area is 141 Å². The number of rotatable bonds is 4. The smallest absolute Gasteiger partial charge is 0.203 e. The van der Waals surface area contributed by atoms with Crippen LogP contribution in [0.25, 0.3) is 5.69 Å². The number of aliphatic hydroxyl groups excluding tert-OH is 1. The number of aliphatic hydroxyl groups is 1. The molecule has 1 N–H and O–H groups in total. The first-order valence-electron chi connectivity index (χ1n) is 8.38. The summed E-state index contributed by atoms with van der Waals surface area (Å²) in [5.41, 5.74) is 1.10. The number of benzene rings is 1. The lowest BCUT2D eigenvalue weighted by molar-refractivity contribution is 0.0650. The summed E-state index contributed by atoms with van der Waals surface area (Å²) >= 11 is 5.72. The van der Waals surface area contributed by atoms with Crippen molar-refractivity contribution in [2.24, 2.45) is 0 Å². The molecule has 1 saturated carbocycles. The Hall–Kier alpha value is -1.50. The lowest BCUT2D eigenvalue weighted by Crippen LogP contribution is -2.37. The maximum atomic E-state index is 9.65. The van der Waals surface area contributed by atoms with E-state index in [9.17, 15) is 5.11 Å². The molecule has 1 aromatic carbocycles. The molecule has 2 fully saturated rings. The van der Waals surface area contributed by atoms with Crippen LogP contribution in [0.5, 0.6) is 0 Å². The predicted molar refractivity (Wildman–Crippen MR) is 91.2 cm³/mol. The normalized spacial score (nSPS) is 20.0. The molecule has 122 valence electrons. The SMILES string of the molecule is OC1CCN(Cn2nc(C3CC3)n(-c3ccccc3)c2=S)CC1. The molecule has 1 aliphatic heterocycles. The Morgan fingerprint density at radius 3 is 2.43 bits per heavy atom. The van der Waals surface area contributed by atoms with Gasteiger partial charge in [0.15, 0.2) is 0 Å². The minimum absolute atomic E-state index is 0.150. The summed E-state index contributed by atoms with van der Waals surface area (Å²) in [6, 6.07) is 10.3. The Bertz CT molecular complexity index is 727. The highest BCUT2D eigenvalue weighted by molar-refractivity contribution is 7.71. The second-order valence-corrected chi connectivity index (χ2v) is 6.94. The summed E-state index contributed by atoms with van der Waals surface area (Å²) in [5, 5.41) is 14.5. The molecule has 1 saturated heterocycles. The zero-order valence-corrected chi connectivity index (χ0v) is 14.0. The largest absolute Gasteiger partial charge is 0.393 e. The van der Waals surface area contributed by atoms with Gasteiger partial charge in [-0.3, -0.25) is 9.47 Å². The van der Waals surface area contributed by atoms with Crippen molar-refractivity contribution in [3.63, 3.8) is 0 Å². The summed E-state index contributed by atoms with van der Waals surface area (Å²) in [7, 11) is 0. The summed E-state index contributed by atoms with van der Waals surface area (Å²) in [6.07, 6.45) is 3.93. The highest BCUT2D eigenvalue weighted by Gasteiger charge is 2.31. The van der Waals surface area contributed by atoms with Crippen molar-refractivity contribution in [2.45, 2.75) is 44.4 Å². The topological polar surface area (TPSA) is 46.2 Å². The van der Waals surface area contributed by atoms with Crippen LogP contribution in [0, 0.1) is 4.77 Å². The van der Waals surface area contributed by atoms with E-state index in [0.717, 1.165) is 42.2 Å². The number of hydrogen-bond donors (Lipinski definition) is 1. The van der Waals surface area contributed by atoms with Crippen molar-refractivity contribution >= 4 is 12.2 Å². The van der Waals surface area contributed by atoms with Crippen LogP contribution in [0.2, 0.25) is 0 Å². The summed E-state index contributed by atoms with van der Waals surface area (Å²) in [5.74, 6) is 1.64. The average Bonchev–Trinajstić information content (AvgIpc) is 3.36. The Morgan fingerprint density at radius 1 is 1.09 bits per heavy atom. The maximum absolute atomic E-state index is 9.65. The first-order valence-corrected chi connectivity index (χ1v) is 8.79. The van der Waals surface area contributed by atoms with E-state index in [0.29, 0.717) is 12.6 Å². The molecule has 0 bridgehead atoms. The van der Waals surface area contributed by atoms with E-state index in [1.54, 1.807) is 0 Å². The maximum Gasteiger partial charge on any atom is 0.203 e. The molecule has 0 spiro atoms. The minimum atomic E-state index is -0.150. The number of aromatic nitrogens is 3. The van der Waals surface area contributed by atoms with E-state index < -0.39 is 0 Å². The van der Waals surface area contributed by atoms with Gasteiger partial charge in [-0.1, -0.05) is 18.2 Å². The third-order valence-electron chi connectivity index (χ3n) is 4.71. The molecule has 4 rings (SSSR count). The van der Waals surface area contributed by atoms with Crippen LogP contribution in [0.3, 0.4) is 0 Å². The van der Waals surface area contributed by atoms with Gasteiger partial charge in [0.05, 0.1) is 12.8 Å². The first-order chi connectivity index (χ1) is 11.2. The van der Waals surface area contributed by atoms with E-state index in [2.05, 4.69) is 21.6 Å². The fourth-order valence-corrected chi connectivity index (χ4v) is 3.49. The lowest BCUT2D eigenvalue weighted by Gasteiger charge is -2.28. The van der Waals surface area contributed by atoms with E-state index in [1.165, 1.54) is 12.8 Å². The molecule has 2 heterocycles. The van der Waals surface area contributed by atoms with Crippen molar-refractivity contribution in [1.82, 2.24) is 19.2 Å². The summed E-state index contributed by atoms with van der Waals surface area (Å²) in [6.45, 7) is 2.52. The molecule has 1 aromatic heterocycles. The zero-order chi connectivity index (χ0) is 15.8. The number of para-hydroxylation sites is 1. The lowest BCUT2D eigenvalue weighted by atomic mass is 10.1. The van der Waals surface area contributed by atoms with Crippen LogP contribution in [-0.4, -0.2) is 43.5 Å². The van der Waals surface area contributed by atoms with E-state index in [4.69, 9.17) is 17.3 Å². The number of likely N-dealkylation sites (tertiary alicyclic amines) is 1. The van der Waals surface area contributed by atoms with Gasteiger partial charge in [-0.2, -0.15) is 5.10 Å². The number of nitrogens with zero attached hydrogens (tertiary/aromatic N) is 4. The highest BCUT2D eigenvalue weighted by Crippen LogP contribution is 2.40. The fraction of sp³-hybridized carbons (Fsp3) is 0.529. The molecular weight excluding hydrogens is 308 g/mol. The third kappa shape index (κ3) is 3.11. The highest BCUT2D eigenvalue weighted by atomic mass is 32.1. The summed E-state index contributed by atoms with van der Waals surface area (Å²) in [4.78, 5) is 2.32. The van der Waals surface area contributed by atoms with Gasteiger partial charge in [0.2, 0.25) is 4.77 Å². The Kier molecular flexibility index (Phi) is 4.05. The van der Waals surface area contributed by atoms with Crippen LogP contribution >= 0.6 is 12.2 Å².